The SMILES string of the molecule is COc1cccc(C(=O)NCCN2CCN(S(=O)(=O)c3ccc(C)cc3)CC2)c1. The van der Waals surface area contributed by atoms with Gasteiger partial charge in [0.25, 0.3) is 5.91 Å². The van der Waals surface area contributed by atoms with Gasteiger partial charge in [0.2, 0.25) is 10.0 Å². The van der Waals surface area contributed by atoms with Crippen molar-refractivity contribution in [3.8, 4) is 5.75 Å². The quantitative estimate of drug-likeness (QED) is 0.742. The van der Waals surface area contributed by atoms with E-state index < -0.39 is 10.0 Å². The lowest BCUT2D eigenvalue weighted by Crippen LogP contribution is -2.50. The Morgan fingerprint density at radius 1 is 1.07 bits per heavy atom. The van der Waals surface area contributed by atoms with Crippen molar-refractivity contribution in [3.05, 3.63) is 59.7 Å². The summed E-state index contributed by atoms with van der Waals surface area (Å²) in [5.41, 5.74) is 1.59. The summed E-state index contributed by atoms with van der Waals surface area (Å²) in [7, 11) is -1.89. The van der Waals surface area contributed by atoms with E-state index in [1.807, 2.05) is 19.1 Å². The van der Waals surface area contributed by atoms with E-state index >= 15 is 0 Å². The second-order valence-electron chi connectivity index (χ2n) is 7.05. The van der Waals surface area contributed by atoms with Crippen molar-refractivity contribution >= 4 is 15.9 Å². The number of benzene rings is 2. The number of aryl methyl sites for hydroxylation is 1. The molecule has 1 aliphatic rings. The highest BCUT2D eigenvalue weighted by atomic mass is 32.2. The molecular formula is C21H27N3O4S. The van der Waals surface area contributed by atoms with Gasteiger partial charge in [0.05, 0.1) is 12.0 Å². The zero-order chi connectivity index (χ0) is 20.9. The van der Waals surface area contributed by atoms with E-state index in [2.05, 4.69) is 10.2 Å². The Labute approximate surface area is 172 Å². The fourth-order valence-corrected chi connectivity index (χ4v) is 4.67. The Kier molecular flexibility index (Phi) is 6.89. The number of sulfonamides is 1. The third-order valence-electron chi connectivity index (χ3n) is 5.04. The summed E-state index contributed by atoms with van der Waals surface area (Å²) < 4.78 is 32.2. The number of nitrogens with one attached hydrogen (secondary N) is 1. The number of hydrogen-bond donors (Lipinski definition) is 1. The molecule has 0 radical (unpaired) electrons. The highest BCUT2D eigenvalue weighted by Crippen LogP contribution is 2.18. The zero-order valence-corrected chi connectivity index (χ0v) is 17.6. The van der Waals surface area contributed by atoms with Crippen molar-refractivity contribution in [2.45, 2.75) is 11.8 Å². The fraction of sp³-hybridized carbons (Fsp3) is 0.381. The fourth-order valence-electron chi connectivity index (χ4n) is 3.25. The Morgan fingerprint density at radius 3 is 2.41 bits per heavy atom. The number of hydrogen-bond acceptors (Lipinski definition) is 5. The minimum absolute atomic E-state index is 0.149. The third kappa shape index (κ3) is 5.35. The molecular weight excluding hydrogens is 390 g/mol. The minimum Gasteiger partial charge on any atom is -0.497 e. The second kappa shape index (κ2) is 9.39. The van der Waals surface area contributed by atoms with Gasteiger partial charge in [-0.05, 0) is 37.3 Å². The molecule has 1 heterocycles. The monoisotopic (exact) mass is 417 g/mol. The minimum atomic E-state index is -3.45. The molecule has 1 saturated heterocycles. The van der Waals surface area contributed by atoms with E-state index in [0.717, 1.165) is 5.56 Å². The van der Waals surface area contributed by atoms with Gasteiger partial charge >= 0.3 is 0 Å². The maximum atomic E-state index is 12.8. The lowest BCUT2D eigenvalue weighted by atomic mass is 10.2. The van der Waals surface area contributed by atoms with Gasteiger partial charge in [-0.3, -0.25) is 9.69 Å². The number of carbonyl (C=O) groups is 1. The van der Waals surface area contributed by atoms with Crippen LogP contribution in [0.15, 0.2) is 53.4 Å². The van der Waals surface area contributed by atoms with E-state index in [1.54, 1.807) is 43.5 Å². The number of ether oxygens (including phenoxy) is 1. The molecule has 2 aromatic carbocycles. The van der Waals surface area contributed by atoms with Crippen LogP contribution in [0.5, 0.6) is 5.75 Å². The van der Waals surface area contributed by atoms with Crippen molar-refractivity contribution in [2.24, 2.45) is 0 Å². The summed E-state index contributed by atoms with van der Waals surface area (Å²) in [4.78, 5) is 14.7. The van der Waals surface area contributed by atoms with E-state index in [4.69, 9.17) is 4.74 Å². The molecule has 2 aromatic rings. The summed E-state index contributed by atoms with van der Waals surface area (Å²) in [6, 6.07) is 14.0. The van der Waals surface area contributed by atoms with Crippen molar-refractivity contribution in [3.63, 3.8) is 0 Å². The molecule has 156 valence electrons. The number of nitrogens with zero attached hydrogens (tertiary/aromatic N) is 2. The largest absolute Gasteiger partial charge is 0.497 e. The average Bonchev–Trinajstić information content (AvgIpc) is 2.74. The highest BCUT2D eigenvalue weighted by molar-refractivity contribution is 7.89. The lowest BCUT2D eigenvalue weighted by Gasteiger charge is -2.34. The first-order valence-corrected chi connectivity index (χ1v) is 11.1. The molecule has 8 heteroatoms. The van der Waals surface area contributed by atoms with Crippen molar-refractivity contribution in [2.75, 3.05) is 46.4 Å². The van der Waals surface area contributed by atoms with Crippen molar-refractivity contribution in [1.29, 1.82) is 0 Å². The molecule has 0 aromatic heterocycles. The molecule has 0 aliphatic carbocycles. The number of piperazine rings is 1. The van der Waals surface area contributed by atoms with Gasteiger partial charge in [0, 0.05) is 44.8 Å². The van der Waals surface area contributed by atoms with Crippen LogP contribution in [0, 0.1) is 6.92 Å². The number of carbonyl (C=O) groups excluding carboxylic acids is 1. The summed E-state index contributed by atoms with van der Waals surface area (Å²) >= 11 is 0. The zero-order valence-electron chi connectivity index (χ0n) is 16.8. The lowest BCUT2D eigenvalue weighted by molar-refractivity contribution is 0.0944. The molecule has 0 spiro atoms. The topological polar surface area (TPSA) is 79.0 Å². The summed E-state index contributed by atoms with van der Waals surface area (Å²) in [5.74, 6) is 0.494. The Bertz CT molecular complexity index is 937. The molecule has 0 unspecified atom stereocenters. The normalized spacial score (nSPS) is 15.8. The van der Waals surface area contributed by atoms with Crippen molar-refractivity contribution in [1.82, 2.24) is 14.5 Å². The predicted molar refractivity (Wildman–Crippen MR) is 112 cm³/mol. The average molecular weight is 418 g/mol. The maximum absolute atomic E-state index is 12.8. The number of rotatable bonds is 7. The highest BCUT2D eigenvalue weighted by Gasteiger charge is 2.28. The second-order valence-corrected chi connectivity index (χ2v) is 8.98. The molecule has 0 atom stereocenters. The van der Waals surface area contributed by atoms with Crippen LogP contribution in [0.25, 0.3) is 0 Å². The van der Waals surface area contributed by atoms with Gasteiger partial charge in [-0.2, -0.15) is 4.31 Å². The third-order valence-corrected chi connectivity index (χ3v) is 6.95. The smallest absolute Gasteiger partial charge is 0.251 e. The van der Waals surface area contributed by atoms with Gasteiger partial charge in [0.1, 0.15) is 5.75 Å². The van der Waals surface area contributed by atoms with Crippen LogP contribution in [0.3, 0.4) is 0 Å². The molecule has 0 bridgehead atoms. The van der Waals surface area contributed by atoms with Crippen molar-refractivity contribution < 1.29 is 17.9 Å². The molecule has 3 rings (SSSR count). The van der Waals surface area contributed by atoms with Gasteiger partial charge in [-0.15, -0.1) is 0 Å². The van der Waals surface area contributed by atoms with Crippen LogP contribution in [-0.2, 0) is 10.0 Å². The van der Waals surface area contributed by atoms with Gasteiger partial charge in [-0.1, -0.05) is 23.8 Å². The van der Waals surface area contributed by atoms with E-state index in [0.29, 0.717) is 55.5 Å². The molecule has 29 heavy (non-hydrogen) atoms. The Morgan fingerprint density at radius 2 is 1.76 bits per heavy atom. The molecule has 7 nitrogen and oxygen atoms in total. The summed E-state index contributed by atoms with van der Waals surface area (Å²) in [6.07, 6.45) is 0. The summed E-state index contributed by atoms with van der Waals surface area (Å²) in [6.45, 7) is 5.28. The first kappa shape index (κ1) is 21.3. The van der Waals surface area contributed by atoms with Crippen LogP contribution in [0.1, 0.15) is 15.9 Å². The molecule has 1 fully saturated rings. The van der Waals surface area contributed by atoms with Gasteiger partial charge < -0.3 is 10.1 Å². The van der Waals surface area contributed by atoms with E-state index in [-0.39, 0.29) is 5.91 Å². The Hall–Kier alpha value is -2.42. The van der Waals surface area contributed by atoms with Crippen LogP contribution >= 0.6 is 0 Å². The van der Waals surface area contributed by atoms with E-state index in [1.165, 1.54) is 4.31 Å². The first-order chi connectivity index (χ1) is 13.9. The molecule has 0 saturated carbocycles. The van der Waals surface area contributed by atoms with Gasteiger partial charge in [-0.25, -0.2) is 8.42 Å². The number of amides is 1. The van der Waals surface area contributed by atoms with Crippen LogP contribution in [0.2, 0.25) is 0 Å². The van der Waals surface area contributed by atoms with Crippen LogP contribution in [-0.4, -0.2) is 69.9 Å². The summed E-state index contributed by atoms with van der Waals surface area (Å²) in [5, 5.41) is 2.90. The molecule has 1 aliphatic heterocycles. The van der Waals surface area contributed by atoms with E-state index in [9.17, 15) is 13.2 Å². The molecule has 1 amide bonds. The standard InChI is InChI=1S/C21H27N3O4S/c1-17-6-8-20(9-7-17)29(26,27)24-14-12-23(13-15-24)11-10-22-21(25)18-4-3-5-19(16-18)28-2/h3-9,16H,10-15H2,1-2H3,(H,22,25). The molecule has 1 N–H and O–H groups in total. The van der Waals surface area contributed by atoms with Crippen LogP contribution in [0.4, 0.5) is 0 Å². The van der Waals surface area contributed by atoms with Crippen LogP contribution < -0.4 is 10.1 Å². The first-order valence-electron chi connectivity index (χ1n) is 9.61. The number of methoxy groups -OCH3 is 1. The maximum Gasteiger partial charge on any atom is 0.251 e. The predicted octanol–water partition coefficient (Wildman–Crippen LogP) is 1.74. The van der Waals surface area contributed by atoms with Gasteiger partial charge in [0.15, 0.2) is 0 Å². The Balaban J connectivity index is 1.46.